The molecule has 0 radical (unpaired) electrons. The summed E-state index contributed by atoms with van der Waals surface area (Å²) in [7, 11) is 1.89. The van der Waals surface area contributed by atoms with Gasteiger partial charge in [0, 0.05) is 25.0 Å². The van der Waals surface area contributed by atoms with Crippen LogP contribution in [0.15, 0.2) is 5.16 Å². The van der Waals surface area contributed by atoms with Crippen LogP contribution >= 0.6 is 0 Å². The van der Waals surface area contributed by atoms with Crippen molar-refractivity contribution in [3.63, 3.8) is 0 Å². The summed E-state index contributed by atoms with van der Waals surface area (Å²) in [6.07, 6.45) is 10.4. The number of oxime groups is 1. The molecule has 4 rings (SSSR count). The molecule has 34 heavy (non-hydrogen) atoms. The largest absolute Gasteiger partial charge is 0.436 e. The number of carbonyl (C=O) groups excluding carboxylic acids is 1. The van der Waals surface area contributed by atoms with Crippen LogP contribution in [-0.4, -0.2) is 54.1 Å². The van der Waals surface area contributed by atoms with Gasteiger partial charge in [0.15, 0.2) is 0 Å². The molecule has 6 heteroatoms. The van der Waals surface area contributed by atoms with E-state index in [4.69, 9.17) is 4.84 Å². The Morgan fingerprint density at radius 2 is 1.79 bits per heavy atom. The molecule has 0 aliphatic heterocycles. The third-order valence-corrected chi connectivity index (χ3v) is 10.9. The van der Waals surface area contributed by atoms with E-state index in [0.29, 0.717) is 23.8 Å². The smallest absolute Gasteiger partial charge is 0.393 e. The standard InChI is InChI=1S/C28H49N3O3/c1-18(2)31(16-15-29-6)26(33)34-30-19(3)23-9-10-24-22-8-7-20-17-21(32)11-13-27(20,4)25(22)12-14-28(23,24)5/h18,20-25,29,32H,7-17H2,1-6H3/b30-19+/t20-,21-,22-,23+,24-,25-,27-,28+/m0/s1. The van der Waals surface area contributed by atoms with Gasteiger partial charge in [-0.25, -0.2) is 4.79 Å². The predicted octanol–water partition coefficient (Wildman–Crippen LogP) is 5.45. The number of nitrogens with one attached hydrogen (secondary N) is 1. The first-order chi connectivity index (χ1) is 16.1. The Balaban J connectivity index is 1.45. The fraction of sp³-hybridized carbons (Fsp3) is 0.929. The Hall–Kier alpha value is -1.14. The molecule has 4 aliphatic carbocycles. The summed E-state index contributed by atoms with van der Waals surface area (Å²) in [5.74, 6) is 3.44. The molecule has 4 saturated carbocycles. The molecule has 6 nitrogen and oxygen atoms in total. The van der Waals surface area contributed by atoms with Gasteiger partial charge in [-0.15, -0.1) is 0 Å². The Bertz CT molecular complexity index is 770. The van der Waals surface area contributed by atoms with Crippen molar-refractivity contribution >= 4 is 11.8 Å². The normalized spacial score (nSPS) is 42.1. The lowest BCUT2D eigenvalue weighted by Crippen LogP contribution is -2.54. The van der Waals surface area contributed by atoms with Gasteiger partial charge in [-0.05, 0) is 120 Å². The van der Waals surface area contributed by atoms with Gasteiger partial charge in [0.1, 0.15) is 0 Å². The maximum Gasteiger partial charge on any atom is 0.436 e. The fourth-order valence-electron chi connectivity index (χ4n) is 8.94. The number of aliphatic hydroxyl groups is 1. The molecule has 194 valence electrons. The van der Waals surface area contributed by atoms with Crippen molar-refractivity contribution < 1.29 is 14.7 Å². The highest BCUT2D eigenvalue weighted by Crippen LogP contribution is 2.67. The van der Waals surface area contributed by atoms with Crippen molar-refractivity contribution in [3.8, 4) is 0 Å². The quantitative estimate of drug-likeness (QED) is 0.304. The molecule has 0 aromatic carbocycles. The number of amides is 1. The lowest BCUT2D eigenvalue weighted by atomic mass is 9.44. The third-order valence-electron chi connectivity index (χ3n) is 10.9. The summed E-state index contributed by atoms with van der Waals surface area (Å²) in [5, 5.41) is 17.8. The number of rotatable bonds is 6. The maximum absolute atomic E-state index is 12.7. The van der Waals surface area contributed by atoms with E-state index in [1.807, 2.05) is 20.9 Å². The van der Waals surface area contributed by atoms with Crippen LogP contribution in [0.1, 0.15) is 92.4 Å². The summed E-state index contributed by atoms with van der Waals surface area (Å²) in [4.78, 5) is 19.9. The van der Waals surface area contributed by atoms with Gasteiger partial charge in [-0.3, -0.25) is 4.84 Å². The van der Waals surface area contributed by atoms with Gasteiger partial charge in [-0.1, -0.05) is 19.0 Å². The van der Waals surface area contributed by atoms with Crippen LogP contribution in [0, 0.1) is 40.4 Å². The molecule has 0 bridgehead atoms. The van der Waals surface area contributed by atoms with Crippen molar-refractivity contribution in [2.45, 2.75) is 105 Å². The van der Waals surface area contributed by atoms with Crippen LogP contribution in [-0.2, 0) is 4.84 Å². The number of carbonyl (C=O) groups is 1. The molecule has 0 spiro atoms. The minimum Gasteiger partial charge on any atom is -0.393 e. The van der Waals surface area contributed by atoms with Crippen molar-refractivity contribution in [1.82, 2.24) is 10.2 Å². The Morgan fingerprint density at radius 1 is 1.09 bits per heavy atom. The lowest BCUT2D eigenvalue weighted by molar-refractivity contribution is -0.123. The first-order valence-corrected chi connectivity index (χ1v) is 14.0. The van der Waals surface area contributed by atoms with Crippen LogP contribution in [0.4, 0.5) is 4.79 Å². The van der Waals surface area contributed by atoms with Crippen molar-refractivity contribution in [2.75, 3.05) is 20.1 Å². The molecule has 0 unspecified atom stereocenters. The number of likely N-dealkylation sites (N-methyl/N-ethyl adjacent to an activating group) is 1. The maximum atomic E-state index is 12.7. The summed E-state index contributed by atoms with van der Waals surface area (Å²) in [6, 6.07) is 0.0809. The Kier molecular flexibility index (Phi) is 7.69. The predicted molar refractivity (Wildman–Crippen MR) is 137 cm³/mol. The number of fused-ring (bicyclic) bond motifs is 5. The minimum absolute atomic E-state index is 0.0780. The van der Waals surface area contributed by atoms with Crippen LogP contribution in [0.2, 0.25) is 0 Å². The van der Waals surface area contributed by atoms with E-state index in [9.17, 15) is 9.90 Å². The summed E-state index contributed by atoms with van der Waals surface area (Å²) in [5.41, 5.74) is 1.66. The van der Waals surface area contributed by atoms with E-state index in [-0.39, 0.29) is 23.7 Å². The number of nitrogens with zero attached hydrogens (tertiary/aromatic N) is 2. The Labute approximate surface area is 207 Å². The summed E-state index contributed by atoms with van der Waals surface area (Å²) >= 11 is 0. The molecule has 4 aliphatic rings. The monoisotopic (exact) mass is 475 g/mol. The second-order valence-corrected chi connectivity index (χ2v) is 12.7. The SMILES string of the molecule is CNCCN(C(=O)O/N=C(\C)[C@H]1CC[C@H]2[C@@H]3CC[C@H]4C[C@@H](O)CC[C@]4(C)[C@H]3CC[C@]12C)C(C)C. The van der Waals surface area contributed by atoms with E-state index in [0.717, 1.165) is 49.3 Å². The zero-order valence-corrected chi connectivity index (χ0v) is 22.5. The molecule has 0 aromatic rings. The van der Waals surface area contributed by atoms with Gasteiger partial charge >= 0.3 is 6.09 Å². The van der Waals surface area contributed by atoms with Crippen molar-refractivity contribution in [1.29, 1.82) is 0 Å². The molecule has 0 saturated heterocycles. The van der Waals surface area contributed by atoms with Crippen LogP contribution in [0.5, 0.6) is 0 Å². The first-order valence-electron chi connectivity index (χ1n) is 14.0. The second-order valence-electron chi connectivity index (χ2n) is 12.7. The van der Waals surface area contributed by atoms with Gasteiger partial charge in [0.05, 0.1) is 11.8 Å². The molecule has 2 N–H and O–H groups in total. The minimum atomic E-state index is -0.348. The van der Waals surface area contributed by atoms with E-state index in [1.54, 1.807) is 4.90 Å². The zero-order valence-electron chi connectivity index (χ0n) is 22.5. The number of hydrogen-bond donors (Lipinski definition) is 2. The average Bonchev–Trinajstić information content (AvgIpc) is 3.15. The Morgan fingerprint density at radius 3 is 2.50 bits per heavy atom. The third kappa shape index (κ3) is 4.54. The zero-order chi connectivity index (χ0) is 24.7. The number of hydrogen-bond acceptors (Lipinski definition) is 5. The van der Waals surface area contributed by atoms with Gasteiger partial charge < -0.3 is 15.3 Å². The average molecular weight is 476 g/mol. The van der Waals surface area contributed by atoms with Crippen molar-refractivity contribution in [2.24, 2.45) is 45.6 Å². The molecule has 4 fully saturated rings. The highest BCUT2D eigenvalue weighted by atomic mass is 16.7. The summed E-state index contributed by atoms with van der Waals surface area (Å²) < 4.78 is 0. The van der Waals surface area contributed by atoms with E-state index in [2.05, 4.69) is 31.2 Å². The highest BCUT2D eigenvalue weighted by molar-refractivity contribution is 5.85. The van der Waals surface area contributed by atoms with Crippen molar-refractivity contribution in [3.05, 3.63) is 0 Å². The topological polar surface area (TPSA) is 74.2 Å². The van der Waals surface area contributed by atoms with E-state index < -0.39 is 0 Å². The fourth-order valence-corrected chi connectivity index (χ4v) is 8.94. The van der Waals surface area contributed by atoms with E-state index in [1.165, 1.54) is 38.5 Å². The van der Waals surface area contributed by atoms with Crippen LogP contribution < -0.4 is 5.32 Å². The highest BCUT2D eigenvalue weighted by Gasteiger charge is 2.60. The van der Waals surface area contributed by atoms with E-state index >= 15 is 0 Å². The number of aliphatic hydroxyl groups excluding tert-OH is 1. The molecule has 1 amide bonds. The lowest BCUT2D eigenvalue weighted by Gasteiger charge is -2.61. The summed E-state index contributed by atoms with van der Waals surface area (Å²) in [6.45, 7) is 12.5. The molecule has 0 aromatic heterocycles. The van der Waals surface area contributed by atoms with Gasteiger partial charge in [0.2, 0.25) is 0 Å². The molecular weight excluding hydrogens is 426 g/mol. The van der Waals surface area contributed by atoms with Gasteiger partial charge in [-0.2, -0.15) is 0 Å². The first kappa shape index (κ1) is 25.9. The molecule has 0 heterocycles. The molecule has 8 atom stereocenters. The van der Waals surface area contributed by atoms with Gasteiger partial charge in [0.25, 0.3) is 0 Å². The van der Waals surface area contributed by atoms with Crippen LogP contribution in [0.3, 0.4) is 0 Å². The van der Waals surface area contributed by atoms with Crippen LogP contribution in [0.25, 0.3) is 0 Å². The molecular formula is C28H49N3O3. The second kappa shape index (κ2) is 10.1.